The van der Waals surface area contributed by atoms with Gasteiger partial charge >= 0.3 is 6.09 Å². The molecule has 0 saturated carbocycles. The normalized spacial score (nSPS) is 29.4. The number of piperazine rings is 1. The van der Waals surface area contributed by atoms with Gasteiger partial charge in [-0.15, -0.1) is 0 Å². The monoisotopic (exact) mass is 198 g/mol. The third-order valence-electron chi connectivity index (χ3n) is 3.36. The van der Waals surface area contributed by atoms with Crippen LogP contribution in [0.2, 0.25) is 0 Å². The minimum Gasteiger partial charge on any atom is -0.465 e. The lowest BCUT2D eigenvalue weighted by atomic mass is 10.1. The van der Waals surface area contributed by atoms with Crippen molar-refractivity contribution in [1.82, 2.24) is 9.80 Å². The molecule has 0 bridgehead atoms. The van der Waals surface area contributed by atoms with E-state index < -0.39 is 6.09 Å². The van der Waals surface area contributed by atoms with Crippen molar-refractivity contribution in [2.45, 2.75) is 31.7 Å². The van der Waals surface area contributed by atoms with E-state index >= 15 is 0 Å². The zero-order chi connectivity index (χ0) is 9.97. The summed E-state index contributed by atoms with van der Waals surface area (Å²) in [7, 11) is 0. The van der Waals surface area contributed by atoms with Crippen LogP contribution in [0.4, 0.5) is 4.79 Å². The Bertz CT molecular complexity index is 220. The van der Waals surface area contributed by atoms with Crippen LogP contribution in [0, 0.1) is 0 Å². The van der Waals surface area contributed by atoms with E-state index in [1.165, 1.54) is 25.7 Å². The number of fused-ring (bicyclic) bond motifs is 1. The lowest BCUT2D eigenvalue weighted by Crippen LogP contribution is -2.54. The van der Waals surface area contributed by atoms with Gasteiger partial charge < -0.3 is 10.0 Å². The highest BCUT2D eigenvalue weighted by Crippen LogP contribution is 2.20. The van der Waals surface area contributed by atoms with Crippen LogP contribution in [0.15, 0.2) is 0 Å². The van der Waals surface area contributed by atoms with Crippen LogP contribution in [-0.2, 0) is 0 Å². The molecule has 2 heterocycles. The summed E-state index contributed by atoms with van der Waals surface area (Å²) in [5, 5.41) is 8.91. The lowest BCUT2D eigenvalue weighted by Gasteiger charge is -2.39. The van der Waals surface area contributed by atoms with E-state index in [0.717, 1.165) is 19.6 Å². The second kappa shape index (κ2) is 4.17. The molecule has 0 aromatic rings. The first-order valence-electron chi connectivity index (χ1n) is 5.49. The van der Waals surface area contributed by atoms with Gasteiger partial charge in [0, 0.05) is 25.7 Å². The van der Waals surface area contributed by atoms with Crippen molar-refractivity contribution in [3.8, 4) is 0 Å². The van der Waals surface area contributed by atoms with Crippen LogP contribution < -0.4 is 0 Å². The maximum absolute atomic E-state index is 10.8. The zero-order valence-corrected chi connectivity index (χ0v) is 8.48. The van der Waals surface area contributed by atoms with Gasteiger partial charge in [0.2, 0.25) is 0 Å². The standard InChI is InChI=1S/C10H18N2O2/c13-10(14)12-7-6-11-5-3-1-2-4-9(11)8-12/h9H,1-8H2,(H,13,14). The predicted octanol–water partition coefficient (Wildman–Crippen LogP) is 1.22. The molecular weight excluding hydrogens is 180 g/mol. The van der Waals surface area contributed by atoms with Gasteiger partial charge in [-0.1, -0.05) is 12.8 Å². The van der Waals surface area contributed by atoms with Crippen LogP contribution in [0.5, 0.6) is 0 Å². The molecule has 0 aliphatic carbocycles. The van der Waals surface area contributed by atoms with Crippen molar-refractivity contribution in [1.29, 1.82) is 0 Å². The predicted molar refractivity (Wildman–Crippen MR) is 53.4 cm³/mol. The maximum atomic E-state index is 10.8. The Morgan fingerprint density at radius 1 is 1.14 bits per heavy atom. The van der Waals surface area contributed by atoms with Crippen molar-refractivity contribution >= 4 is 6.09 Å². The fraction of sp³-hybridized carbons (Fsp3) is 0.900. The summed E-state index contributed by atoms with van der Waals surface area (Å²) in [5.41, 5.74) is 0. The molecule has 2 fully saturated rings. The molecule has 2 aliphatic rings. The minimum atomic E-state index is -0.756. The Balaban J connectivity index is 1.96. The summed E-state index contributed by atoms with van der Waals surface area (Å²) in [4.78, 5) is 14.8. The number of rotatable bonds is 0. The second-order valence-corrected chi connectivity index (χ2v) is 4.27. The van der Waals surface area contributed by atoms with E-state index in [2.05, 4.69) is 4.90 Å². The summed E-state index contributed by atoms with van der Waals surface area (Å²) in [6.45, 7) is 3.50. The highest BCUT2D eigenvalue weighted by atomic mass is 16.4. The number of nitrogens with zero attached hydrogens (tertiary/aromatic N) is 2. The van der Waals surface area contributed by atoms with Crippen molar-refractivity contribution in [2.24, 2.45) is 0 Å². The third kappa shape index (κ3) is 2.00. The average Bonchev–Trinajstić information content (AvgIpc) is 2.41. The van der Waals surface area contributed by atoms with Gasteiger partial charge in [-0.2, -0.15) is 0 Å². The number of hydrogen-bond acceptors (Lipinski definition) is 2. The average molecular weight is 198 g/mol. The summed E-state index contributed by atoms with van der Waals surface area (Å²) in [6.07, 6.45) is 4.26. The molecule has 1 unspecified atom stereocenters. The Labute approximate surface area is 84.5 Å². The number of carbonyl (C=O) groups is 1. The van der Waals surface area contributed by atoms with Crippen LogP contribution in [0.3, 0.4) is 0 Å². The van der Waals surface area contributed by atoms with Crippen LogP contribution in [0.25, 0.3) is 0 Å². The topological polar surface area (TPSA) is 43.8 Å². The van der Waals surface area contributed by atoms with Gasteiger partial charge in [0.15, 0.2) is 0 Å². The van der Waals surface area contributed by atoms with E-state index in [1.54, 1.807) is 4.90 Å². The molecule has 80 valence electrons. The highest BCUT2D eigenvalue weighted by Gasteiger charge is 2.29. The van der Waals surface area contributed by atoms with E-state index in [9.17, 15) is 4.79 Å². The first-order chi connectivity index (χ1) is 6.77. The SMILES string of the molecule is O=C(O)N1CCN2CCCCCC2C1. The zero-order valence-electron chi connectivity index (χ0n) is 8.48. The molecule has 2 rings (SSSR count). The quantitative estimate of drug-likeness (QED) is 0.636. The van der Waals surface area contributed by atoms with Crippen LogP contribution >= 0.6 is 0 Å². The van der Waals surface area contributed by atoms with Crippen molar-refractivity contribution in [2.75, 3.05) is 26.2 Å². The molecule has 1 amide bonds. The first-order valence-corrected chi connectivity index (χ1v) is 5.49. The van der Waals surface area contributed by atoms with E-state index in [4.69, 9.17) is 5.11 Å². The molecule has 1 atom stereocenters. The van der Waals surface area contributed by atoms with Crippen molar-refractivity contribution in [3.05, 3.63) is 0 Å². The molecule has 2 aliphatic heterocycles. The first kappa shape index (κ1) is 9.77. The Hall–Kier alpha value is -0.770. The summed E-state index contributed by atoms with van der Waals surface area (Å²) in [5.74, 6) is 0. The number of carboxylic acid groups (broad SMARTS) is 1. The van der Waals surface area contributed by atoms with Crippen molar-refractivity contribution < 1.29 is 9.90 Å². The molecule has 4 heteroatoms. The molecule has 2 saturated heterocycles. The summed E-state index contributed by atoms with van der Waals surface area (Å²) < 4.78 is 0. The Morgan fingerprint density at radius 2 is 2.00 bits per heavy atom. The molecule has 0 spiro atoms. The van der Waals surface area contributed by atoms with Gasteiger partial charge in [0.05, 0.1) is 0 Å². The van der Waals surface area contributed by atoms with Gasteiger partial charge in [-0.25, -0.2) is 4.79 Å². The van der Waals surface area contributed by atoms with E-state index in [0.29, 0.717) is 12.6 Å². The highest BCUT2D eigenvalue weighted by molar-refractivity contribution is 5.65. The fourth-order valence-electron chi connectivity index (χ4n) is 2.51. The molecular formula is C10H18N2O2. The minimum absolute atomic E-state index is 0.488. The molecule has 0 aromatic heterocycles. The van der Waals surface area contributed by atoms with Crippen LogP contribution in [-0.4, -0.2) is 53.2 Å². The Morgan fingerprint density at radius 3 is 2.79 bits per heavy atom. The van der Waals surface area contributed by atoms with Crippen LogP contribution in [0.1, 0.15) is 25.7 Å². The molecule has 4 nitrogen and oxygen atoms in total. The largest absolute Gasteiger partial charge is 0.465 e. The third-order valence-corrected chi connectivity index (χ3v) is 3.36. The molecule has 1 N–H and O–H groups in total. The lowest BCUT2D eigenvalue weighted by molar-refractivity contribution is 0.0702. The maximum Gasteiger partial charge on any atom is 0.407 e. The molecule has 0 aromatic carbocycles. The van der Waals surface area contributed by atoms with Crippen molar-refractivity contribution in [3.63, 3.8) is 0 Å². The summed E-state index contributed by atoms with van der Waals surface area (Å²) in [6, 6.07) is 0.488. The molecule has 14 heavy (non-hydrogen) atoms. The number of hydrogen-bond donors (Lipinski definition) is 1. The smallest absolute Gasteiger partial charge is 0.407 e. The van der Waals surface area contributed by atoms with Gasteiger partial charge in [-0.3, -0.25) is 4.90 Å². The summed E-state index contributed by atoms with van der Waals surface area (Å²) >= 11 is 0. The fourth-order valence-corrected chi connectivity index (χ4v) is 2.51. The Kier molecular flexibility index (Phi) is 2.91. The van der Waals surface area contributed by atoms with E-state index in [1.807, 2.05) is 0 Å². The van der Waals surface area contributed by atoms with Gasteiger partial charge in [-0.05, 0) is 19.4 Å². The van der Waals surface area contributed by atoms with Gasteiger partial charge in [0.1, 0.15) is 0 Å². The second-order valence-electron chi connectivity index (χ2n) is 4.27. The van der Waals surface area contributed by atoms with Gasteiger partial charge in [0.25, 0.3) is 0 Å². The number of amides is 1. The molecule has 0 radical (unpaired) electrons. The van der Waals surface area contributed by atoms with E-state index in [-0.39, 0.29) is 0 Å².